The minimum atomic E-state index is -0.637. The highest BCUT2D eigenvalue weighted by Gasteiger charge is 2.30. The predicted molar refractivity (Wildman–Crippen MR) is 123 cm³/mol. The van der Waals surface area contributed by atoms with Crippen LogP contribution in [0.15, 0.2) is 21.9 Å². The Hall–Kier alpha value is -0.960. The van der Waals surface area contributed by atoms with E-state index in [1.54, 1.807) is 0 Å². The minimum absolute atomic E-state index is 0.0474. The number of nitrogens with zero attached hydrogens (tertiary/aromatic N) is 3. The topological polar surface area (TPSA) is 62.7 Å². The van der Waals surface area contributed by atoms with Crippen molar-refractivity contribution >= 4 is 56.0 Å². The minimum Gasteiger partial charge on any atom is -0.361 e. The van der Waals surface area contributed by atoms with Gasteiger partial charge in [0.1, 0.15) is 15.9 Å². The van der Waals surface area contributed by atoms with E-state index in [1.165, 1.54) is 24.6 Å². The molecule has 0 spiro atoms. The van der Waals surface area contributed by atoms with Crippen LogP contribution >= 0.6 is 39.3 Å². The maximum absolute atomic E-state index is 14.8. The van der Waals surface area contributed by atoms with Gasteiger partial charge in [-0.2, -0.15) is 0 Å². The average Bonchev–Trinajstić information content (AvgIpc) is 3.52. The molecule has 1 saturated carbocycles. The molecule has 0 aromatic carbocycles. The Morgan fingerprint density at radius 1 is 1.31 bits per heavy atom. The second-order valence-electron chi connectivity index (χ2n) is 7.11. The van der Waals surface area contributed by atoms with Gasteiger partial charge in [-0.25, -0.2) is 19.3 Å². The summed E-state index contributed by atoms with van der Waals surface area (Å²) in [6.07, 6.45) is 4.18. The van der Waals surface area contributed by atoms with Crippen LogP contribution in [0.25, 0.3) is 10.9 Å². The summed E-state index contributed by atoms with van der Waals surface area (Å²) < 4.78 is 15.2. The second-order valence-corrected chi connectivity index (χ2v) is 9.45. The molecule has 1 fully saturated rings. The van der Waals surface area contributed by atoms with Crippen LogP contribution in [0.1, 0.15) is 46.5 Å². The second kappa shape index (κ2) is 9.90. The summed E-state index contributed by atoms with van der Waals surface area (Å²) >= 11 is 10.8. The van der Waals surface area contributed by atoms with Gasteiger partial charge in [-0.3, -0.25) is 0 Å². The van der Waals surface area contributed by atoms with Gasteiger partial charge in [0.2, 0.25) is 0 Å². The number of fused-ring (bicyclic) bond motifs is 1. The quantitative estimate of drug-likeness (QED) is 0.181. The highest BCUT2D eigenvalue weighted by atomic mass is 79.9. The van der Waals surface area contributed by atoms with Crippen LogP contribution in [-0.4, -0.2) is 38.8 Å². The summed E-state index contributed by atoms with van der Waals surface area (Å²) in [7, 11) is 0. The van der Waals surface area contributed by atoms with E-state index < -0.39 is 5.82 Å². The zero-order chi connectivity index (χ0) is 21.1. The molecule has 158 valence electrons. The van der Waals surface area contributed by atoms with E-state index in [0.717, 1.165) is 24.2 Å². The fraction of sp³-hybridized carbons (Fsp3) is 0.550. The molecule has 29 heavy (non-hydrogen) atoms. The molecule has 3 rings (SSSR count). The largest absolute Gasteiger partial charge is 0.361 e. The van der Waals surface area contributed by atoms with Gasteiger partial charge >= 0.3 is 0 Å². The number of halogens is 3. The third-order valence-corrected chi connectivity index (χ3v) is 6.56. The Balaban J connectivity index is 2.09. The molecule has 0 saturated heterocycles. The lowest BCUT2D eigenvalue weighted by molar-refractivity contribution is 0.456. The summed E-state index contributed by atoms with van der Waals surface area (Å²) in [5, 5.41) is 8.02. The van der Waals surface area contributed by atoms with Crippen molar-refractivity contribution in [3.63, 3.8) is 0 Å². The Bertz CT molecular complexity index is 908. The standard InChI is InChI=1S/C20H26BrClFN5S/c1-5-10(4)15(12(6-2)24-11-8-9-11)25-19-13-16(26-20(28-19)29-7-3)14(23)18(22)27-17(13)21/h11-12,15,24H,4-9H2,1-3H3,(H,25,26,28)/t12-,15?/m0/s1. The van der Waals surface area contributed by atoms with Gasteiger partial charge in [0.05, 0.1) is 11.4 Å². The first-order valence-electron chi connectivity index (χ1n) is 9.94. The smallest absolute Gasteiger partial charge is 0.190 e. The molecule has 0 aliphatic heterocycles. The van der Waals surface area contributed by atoms with Crippen LogP contribution in [0.4, 0.5) is 10.2 Å². The van der Waals surface area contributed by atoms with Crippen molar-refractivity contribution in [2.24, 2.45) is 0 Å². The first-order valence-corrected chi connectivity index (χ1v) is 12.1. The van der Waals surface area contributed by atoms with Gasteiger partial charge < -0.3 is 10.6 Å². The maximum Gasteiger partial charge on any atom is 0.190 e. The lowest BCUT2D eigenvalue weighted by Gasteiger charge is -2.30. The molecule has 2 aromatic rings. The van der Waals surface area contributed by atoms with E-state index in [4.69, 9.17) is 11.6 Å². The van der Waals surface area contributed by atoms with Crippen molar-refractivity contribution in [3.8, 4) is 0 Å². The molecule has 0 bridgehead atoms. The molecule has 1 aliphatic carbocycles. The van der Waals surface area contributed by atoms with Gasteiger partial charge in [-0.1, -0.05) is 56.3 Å². The van der Waals surface area contributed by atoms with Crippen molar-refractivity contribution < 1.29 is 4.39 Å². The Labute approximate surface area is 188 Å². The number of hydrogen-bond donors (Lipinski definition) is 2. The molecule has 0 radical (unpaired) electrons. The average molecular weight is 503 g/mol. The Kier molecular flexibility index (Phi) is 7.75. The SMILES string of the molecule is C=C(CC)C(Nc1nc(SCC)nc2c(F)c(Cl)nc(Br)c12)[C@H](CC)NC1CC1. The van der Waals surface area contributed by atoms with E-state index >= 15 is 0 Å². The molecular weight excluding hydrogens is 477 g/mol. The summed E-state index contributed by atoms with van der Waals surface area (Å²) in [4.78, 5) is 13.1. The van der Waals surface area contributed by atoms with Gasteiger partial charge in [-0.15, -0.1) is 0 Å². The lowest BCUT2D eigenvalue weighted by Crippen LogP contribution is -2.46. The number of nitrogens with one attached hydrogen (secondary N) is 2. The molecule has 5 nitrogen and oxygen atoms in total. The number of thioether (sulfide) groups is 1. The molecule has 2 atom stereocenters. The first-order chi connectivity index (χ1) is 13.9. The maximum atomic E-state index is 14.8. The number of anilines is 1. The summed E-state index contributed by atoms with van der Waals surface area (Å²) in [5.74, 6) is 0.678. The highest BCUT2D eigenvalue weighted by molar-refractivity contribution is 9.10. The summed E-state index contributed by atoms with van der Waals surface area (Å²) in [5.41, 5.74) is 1.23. The van der Waals surface area contributed by atoms with Crippen molar-refractivity contribution in [1.82, 2.24) is 20.3 Å². The van der Waals surface area contributed by atoms with Crippen LogP contribution in [0.5, 0.6) is 0 Å². The van der Waals surface area contributed by atoms with E-state index in [0.29, 0.717) is 27.0 Å². The third-order valence-electron chi connectivity index (χ3n) is 5.01. The van der Waals surface area contributed by atoms with Crippen LogP contribution in [0, 0.1) is 5.82 Å². The molecule has 1 aliphatic rings. The number of aromatic nitrogens is 3. The van der Waals surface area contributed by atoms with E-state index in [1.807, 2.05) is 6.92 Å². The molecule has 2 heterocycles. The first kappa shape index (κ1) is 22.7. The van der Waals surface area contributed by atoms with Crippen molar-refractivity contribution in [1.29, 1.82) is 0 Å². The third kappa shape index (κ3) is 5.21. The van der Waals surface area contributed by atoms with Crippen molar-refractivity contribution in [2.75, 3.05) is 11.1 Å². The number of hydrogen-bond acceptors (Lipinski definition) is 6. The van der Waals surface area contributed by atoms with E-state index in [9.17, 15) is 4.39 Å². The van der Waals surface area contributed by atoms with Crippen molar-refractivity contribution in [2.45, 2.75) is 69.7 Å². The molecule has 9 heteroatoms. The lowest BCUT2D eigenvalue weighted by atomic mass is 9.96. The molecule has 2 aromatic heterocycles. The van der Waals surface area contributed by atoms with Crippen LogP contribution < -0.4 is 10.6 Å². The fourth-order valence-corrected chi connectivity index (χ4v) is 4.64. The molecule has 2 N–H and O–H groups in total. The van der Waals surface area contributed by atoms with E-state index in [-0.39, 0.29) is 22.8 Å². The monoisotopic (exact) mass is 501 g/mol. The molecule has 0 amide bonds. The normalized spacial score (nSPS) is 16.1. The van der Waals surface area contributed by atoms with E-state index in [2.05, 4.69) is 61.9 Å². The predicted octanol–water partition coefficient (Wildman–Crippen LogP) is 5.97. The van der Waals surface area contributed by atoms with Crippen LogP contribution in [-0.2, 0) is 0 Å². The zero-order valence-electron chi connectivity index (χ0n) is 16.9. The van der Waals surface area contributed by atoms with Gasteiger partial charge in [0.15, 0.2) is 16.1 Å². The fourth-order valence-electron chi connectivity index (χ4n) is 3.24. The number of rotatable bonds is 10. The summed E-state index contributed by atoms with van der Waals surface area (Å²) in [6.45, 7) is 10.5. The van der Waals surface area contributed by atoms with Crippen LogP contribution in [0.3, 0.4) is 0 Å². The van der Waals surface area contributed by atoms with Gasteiger partial charge in [0, 0.05) is 12.1 Å². The Morgan fingerprint density at radius 3 is 2.62 bits per heavy atom. The Morgan fingerprint density at radius 2 is 2.03 bits per heavy atom. The van der Waals surface area contributed by atoms with Crippen LogP contribution in [0.2, 0.25) is 5.15 Å². The van der Waals surface area contributed by atoms with Gasteiger partial charge in [-0.05, 0) is 47.4 Å². The molecular formula is C20H26BrClFN5S. The van der Waals surface area contributed by atoms with Gasteiger partial charge in [0.25, 0.3) is 0 Å². The van der Waals surface area contributed by atoms with Crippen molar-refractivity contribution in [3.05, 3.63) is 27.7 Å². The highest BCUT2D eigenvalue weighted by Crippen LogP contribution is 2.35. The molecule has 1 unspecified atom stereocenters. The summed E-state index contributed by atoms with van der Waals surface area (Å²) in [6, 6.07) is 0.715. The zero-order valence-corrected chi connectivity index (χ0v) is 20.0. The number of pyridine rings is 1.